The quantitative estimate of drug-likeness (QED) is 0.587. The van der Waals surface area contributed by atoms with E-state index in [9.17, 15) is 18.0 Å². The highest BCUT2D eigenvalue weighted by Gasteiger charge is 2.44. The van der Waals surface area contributed by atoms with E-state index in [4.69, 9.17) is 25.8 Å². The molecule has 2 atom stereocenters. The van der Waals surface area contributed by atoms with Crippen molar-refractivity contribution in [1.29, 1.82) is 0 Å². The first-order valence-electron chi connectivity index (χ1n) is 10.1. The van der Waals surface area contributed by atoms with Crippen LogP contribution in [0, 0.1) is 0 Å². The van der Waals surface area contributed by atoms with Crippen LogP contribution in [-0.2, 0) is 4.74 Å². The van der Waals surface area contributed by atoms with Crippen LogP contribution in [0.2, 0.25) is 5.02 Å². The molecule has 3 rings (SSSR count). The van der Waals surface area contributed by atoms with Crippen LogP contribution < -0.4 is 14.8 Å². The maximum absolute atomic E-state index is 13.6. The molecule has 10 heteroatoms. The number of hydrogen-bond acceptors (Lipinski definition) is 5. The number of piperidine rings is 1. The standard InChI is InChI=1S/C22H24ClF3N2O4/c1-30-17-4-2-5-18(12-17)31-19-6-3-11-28(13-19)14-20(22(24,25)26)32-21(29)27-16-9-7-15(23)8-10-16/h2,4-5,7-10,12,19-20H,3,6,11,13-14H2,1H3,(H,27,29)/t19-,20?/m0/s1. The van der Waals surface area contributed by atoms with Gasteiger partial charge in [-0.15, -0.1) is 0 Å². The fraction of sp³-hybridized carbons (Fsp3) is 0.409. The lowest BCUT2D eigenvalue weighted by Crippen LogP contribution is -2.49. The van der Waals surface area contributed by atoms with E-state index in [0.717, 1.165) is 0 Å². The van der Waals surface area contributed by atoms with Crippen molar-refractivity contribution in [2.75, 3.05) is 32.1 Å². The lowest BCUT2D eigenvalue weighted by Gasteiger charge is -2.35. The summed E-state index contributed by atoms with van der Waals surface area (Å²) in [5, 5.41) is 2.72. The molecule has 1 heterocycles. The first-order chi connectivity index (χ1) is 15.2. The molecule has 0 bridgehead atoms. The Morgan fingerprint density at radius 1 is 1.22 bits per heavy atom. The Morgan fingerprint density at radius 2 is 1.94 bits per heavy atom. The van der Waals surface area contributed by atoms with E-state index < -0.39 is 24.9 Å². The summed E-state index contributed by atoms with van der Waals surface area (Å²) in [5.74, 6) is 1.22. The monoisotopic (exact) mass is 472 g/mol. The van der Waals surface area contributed by atoms with Crippen molar-refractivity contribution < 1.29 is 32.2 Å². The van der Waals surface area contributed by atoms with Gasteiger partial charge in [-0.05, 0) is 55.8 Å². The zero-order valence-corrected chi connectivity index (χ0v) is 18.2. The highest BCUT2D eigenvalue weighted by atomic mass is 35.5. The third kappa shape index (κ3) is 7.20. The summed E-state index contributed by atoms with van der Waals surface area (Å²) in [6.45, 7) is 0.258. The minimum absolute atomic E-state index is 0.282. The van der Waals surface area contributed by atoms with E-state index in [1.807, 2.05) is 0 Å². The predicted molar refractivity (Wildman–Crippen MR) is 114 cm³/mol. The van der Waals surface area contributed by atoms with Crippen molar-refractivity contribution in [3.63, 3.8) is 0 Å². The molecule has 6 nitrogen and oxygen atoms in total. The van der Waals surface area contributed by atoms with Crippen LogP contribution in [0.1, 0.15) is 12.8 Å². The van der Waals surface area contributed by atoms with E-state index in [2.05, 4.69) is 5.32 Å². The molecule has 1 N–H and O–H groups in total. The molecule has 1 saturated heterocycles. The lowest BCUT2D eigenvalue weighted by molar-refractivity contribution is -0.207. The second-order valence-electron chi connectivity index (χ2n) is 7.39. The van der Waals surface area contributed by atoms with Crippen molar-refractivity contribution in [2.24, 2.45) is 0 Å². The fourth-order valence-electron chi connectivity index (χ4n) is 3.39. The molecular formula is C22H24ClF3N2O4. The highest BCUT2D eigenvalue weighted by Crippen LogP contribution is 2.27. The number of carbonyl (C=O) groups excluding carboxylic acids is 1. The summed E-state index contributed by atoms with van der Waals surface area (Å²) < 4.78 is 56.5. The van der Waals surface area contributed by atoms with Gasteiger partial charge in [-0.25, -0.2) is 4.79 Å². The molecule has 0 aromatic heterocycles. The molecule has 1 amide bonds. The maximum Gasteiger partial charge on any atom is 0.426 e. The molecule has 0 aliphatic carbocycles. The Labute approximate surface area is 189 Å². The van der Waals surface area contributed by atoms with E-state index in [1.54, 1.807) is 36.3 Å². The third-order valence-electron chi connectivity index (χ3n) is 4.94. The number of carbonyl (C=O) groups is 1. The van der Waals surface area contributed by atoms with Crippen LogP contribution in [0.15, 0.2) is 48.5 Å². The van der Waals surface area contributed by atoms with Gasteiger partial charge in [0.25, 0.3) is 0 Å². The Balaban J connectivity index is 1.58. The Kier molecular flexibility index (Phi) is 8.09. The molecule has 2 aromatic carbocycles. The number of halogens is 4. The molecule has 1 unspecified atom stereocenters. The molecule has 1 fully saturated rings. The van der Waals surface area contributed by atoms with Crippen LogP contribution in [-0.4, -0.2) is 56.1 Å². The van der Waals surface area contributed by atoms with Crippen molar-refractivity contribution in [1.82, 2.24) is 4.90 Å². The number of nitrogens with one attached hydrogen (secondary N) is 1. The number of ether oxygens (including phenoxy) is 3. The number of alkyl halides is 3. The molecule has 1 aliphatic heterocycles. The largest absolute Gasteiger partial charge is 0.497 e. The second-order valence-corrected chi connectivity index (χ2v) is 7.82. The molecule has 0 saturated carbocycles. The van der Waals surface area contributed by atoms with Gasteiger partial charge in [0.05, 0.1) is 7.11 Å². The molecule has 0 radical (unpaired) electrons. The van der Waals surface area contributed by atoms with Crippen molar-refractivity contribution in [3.05, 3.63) is 53.6 Å². The Hall–Kier alpha value is -2.65. The summed E-state index contributed by atoms with van der Waals surface area (Å²) in [6.07, 6.45) is -7.08. The number of anilines is 1. The minimum atomic E-state index is -4.71. The molecule has 1 aliphatic rings. The summed E-state index contributed by atoms with van der Waals surface area (Å²) in [4.78, 5) is 13.6. The predicted octanol–water partition coefficient (Wildman–Crippen LogP) is 5.37. The van der Waals surface area contributed by atoms with Gasteiger partial charge in [-0.2, -0.15) is 13.2 Å². The summed E-state index contributed by atoms with van der Waals surface area (Å²) in [5.41, 5.74) is 0.282. The number of likely N-dealkylation sites (tertiary alicyclic amines) is 1. The minimum Gasteiger partial charge on any atom is -0.497 e. The number of rotatable bonds is 7. The average Bonchev–Trinajstić information content (AvgIpc) is 2.75. The SMILES string of the molecule is COc1cccc(O[C@H]2CCCN(CC(OC(=O)Nc3ccc(Cl)cc3)C(F)(F)F)C2)c1. The normalized spacial score (nSPS) is 18.0. The molecule has 174 valence electrons. The zero-order chi connectivity index (χ0) is 23.1. The summed E-state index contributed by atoms with van der Waals surface area (Å²) >= 11 is 5.76. The summed E-state index contributed by atoms with van der Waals surface area (Å²) in [7, 11) is 1.54. The number of methoxy groups -OCH3 is 1. The molecule has 2 aromatic rings. The van der Waals surface area contributed by atoms with E-state index in [0.29, 0.717) is 35.9 Å². The van der Waals surface area contributed by atoms with Gasteiger partial charge in [-0.3, -0.25) is 10.2 Å². The smallest absolute Gasteiger partial charge is 0.426 e. The summed E-state index contributed by atoms with van der Waals surface area (Å²) in [6, 6.07) is 13.0. The molecule has 32 heavy (non-hydrogen) atoms. The van der Waals surface area contributed by atoms with Crippen LogP contribution in [0.3, 0.4) is 0 Å². The number of nitrogens with zero attached hydrogens (tertiary/aromatic N) is 1. The van der Waals surface area contributed by atoms with Gasteiger partial charge in [0.1, 0.15) is 17.6 Å². The maximum atomic E-state index is 13.6. The van der Waals surface area contributed by atoms with E-state index in [-0.39, 0.29) is 18.3 Å². The molecule has 0 spiro atoms. The van der Waals surface area contributed by atoms with Gasteiger partial charge in [0.15, 0.2) is 0 Å². The van der Waals surface area contributed by atoms with Crippen LogP contribution in [0.5, 0.6) is 11.5 Å². The number of benzene rings is 2. The van der Waals surface area contributed by atoms with Crippen molar-refractivity contribution in [2.45, 2.75) is 31.2 Å². The third-order valence-corrected chi connectivity index (χ3v) is 5.19. The topological polar surface area (TPSA) is 60.0 Å². The highest BCUT2D eigenvalue weighted by molar-refractivity contribution is 6.30. The lowest BCUT2D eigenvalue weighted by atomic mass is 10.1. The van der Waals surface area contributed by atoms with E-state index in [1.165, 1.54) is 24.3 Å². The zero-order valence-electron chi connectivity index (χ0n) is 17.4. The van der Waals surface area contributed by atoms with Crippen molar-refractivity contribution in [3.8, 4) is 11.5 Å². The number of hydrogen-bond donors (Lipinski definition) is 1. The van der Waals surface area contributed by atoms with Gasteiger partial charge in [0.2, 0.25) is 6.10 Å². The average molecular weight is 473 g/mol. The van der Waals surface area contributed by atoms with Crippen LogP contribution in [0.4, 0.5) is 23.7 Å². The van der Waals surface area contributed by atoms with Gasteiger partial charge in [-0.1, -0.05) is 17.7 Å². The first kappa shape index (κ1) is 24.0. The van der Waals surface area contributed by atoms with E-state index >= 15 is 0 Å². The second kappa shape index (κ2) is 10.8. The van der Waals surface area contributed by atoms with Gasteiger partial charge in [0, 0.05) is 29.9 Å². The Morgan fingerprint density at radius 3 is 2.62 bits per heavy atom. The van der Waals surface area contributed by atoms with Gasteiger partial charge < -0.3 is 14.2 Å². The number of amides is 1. The fourth-order valence-corrected chi connectivity index (χ4v) is 3.52. The first-order valence-corrected chi connectivity index (χ1v) is 10.4. The Bertz CT molecular complexity index is 895. The van der Waals surface area contributed by atoms with Gasteiger partial charge >= 0.3 is 12.3 Å². The van der Waals surface area contributed by atoms with Crippen LogP contribution in [0.25, 0.3) is 0 Å². The van der Waals surface area contributed by atoms with Crippen molar-refractivity contribution >= 4 is 23.4 Å². The molecular weight excluding hydrogens is 449 g/mol. The van der Waals surface area contributed by atoms with Crippen LogP contribution >= 0.6 is 11.6 Å².